The number of likely N-dealkylation sites (N-methyl/N-ethyl adjacent to an activating group) is 2. The zero-order valence-corrected chi connectivity index (χ0v) is 24.6. The first-order valence-electron chi connectivity index (χ1n) is 14.0. The average Bonchev–Trinajstić information content (AvgIpc) is 3.31. The molecule has 2 aromatic heterocycles. The van der Waals surface area contributed by atoms with Crippen LogP contribution in [-0.2, 0) is 22.5 Å². The van der Waals surface area contributed by atoms with Crippen LogP contribution in [0.3, 0.4) is 0 Å². The summed E-state index contributed by atoms with van der Waals surface area (Å²) < 4.78 is 8.08. The fraction of sp³-hybridized carbons (Fsp3) is 0.344. The molecule has 3 heterocycles. The Morgan fingerprint density at radius 2 is 1.98 bits per heavy atom. The van der Waals surface area contributed by atoms with E-state index in [0.29, 0.717) is 11.6 Å². The van der Waals surface area contributed by atoms with E-state index < -0.39 is 0 Å². The number of aromatic nitrogens is 3. The molecule has 0 bridgehead atoms. The summed E-state index contributed by atoms with van der Waals surface area (Å²) in [6.45, 7) is 8.18. The third-order valence-corrected chi connectivity index (χ3v) is 7.74. The Morgan fingerprint density at radius 1 is 1.17 bits per heavy atom. The molecule has 5 rings (SSSR count). The van der Waals surface area contributed by atoms with Crippen LogP contribution in [-0.4, -0.2) is 72.8 Å². The number of carbonyl (C=O) groups excluding carboxylic acids is 1. The van der Waals surface area contributed by atoms with Gasteiger partial charge in [0.15, 0.2) is 0 Å². The Hall–Kier alpha value is -4.21. The number of carbonyl (C=O) groups is 1. The van der Waals surface area contributed by atoms with E-state index >= 15 is 0 Å². The number of benzene rings is 2. The first kappa shape index (κ1) is 28.3. The van der Waals surface area contributed by atoms with E-state index in [4.69, 9.17) is 9.72 Å². The molecule has 9 nitrogen and oxygen atoms in total. The van der Waals surface area contributed by atoms with Crippen LogP contribution in [0.4, 0.5) is 23.0 Å². The lowest BCUT2D eigenvalue weighted by molar-refractivity contribution is -0.111. The molecule has 1 atom stereocenters. The highest BCUT2D eigenvalue weighted by molar-refractivity contribution is 6.02. The van der Waals surface area contributed by atoms with Gasteiger partial charge in [0.05, 0.1) is 23.2 Å². The van der Waals surface area contributed by atoms with Gasteiger partial charge < -0.3 is 29.7 Å². The molecule has 214 valence electrons. The predicted molar refractivity (Wildman–Crippen MR) is 167 cm³/mol. The van der Waals surface area contributed by atoms with E-state index in [-0.39, 0.29) is 12.0 Å². The van der Waals surface area contributed by atoms with Gasteiger partial charge in [0, 0.05) is 67.8 Å². The van der Waals surface area contributed by atoms with Crippen LogP contribution in [0.1, 0.15) is 17.7 Å². The second-order valence-electron chi connectivity index (χ2n) is 10.8. The maximum atomic E-state index is 12.3. The predicted octanol–water partition coefficient (Wildman–Crippen LogP) is 5.23. The number of ether oxygens (including phenoxy) is 1. The number of nitrogens with zero attached hydrogens (tertiary/aromatic N) is 5. The molecule has 0 saturated heterocycles. The summed E-state index contributed by atoms with van der Waals surface area (Å²) in [5.74, 6) is 0.233. The van der Waals surface area contributed by atoms with Crippen molar-refractivity contribution in [3.8, 4) is 11.3 Å². The van der Waals surface area contributed by atoms with Gasteiger partial charge in [0.2, 0.25) is 11.9 Å². The van der Waals surface area contributed by atoms with Crippen LogP contribution in [0.25, 0.3) is 22.2 Å². The van der Waals surface area contributed by atoms with Crippen LogP contribution in [0, 0.1) is 6.92 Å². The van der Waals surface area contributed by atoms with E-state index in [1.165, 1.54) is 22.7 Å². The SMILES string of the molecule is C=CC(=O)Nc1cc(Nc2nccc(-c3c4n(c5ccccc35)CC(OC)CC4)n2)c(C)cc1N(C)CCN(C)C. The first-order valence-corrected chi connectivity index (χ1v) is 14.0. The number of hydrogen-bond acceptors (Lipinski definition) is 7. The van der Waals surface area contributed by atoms with Gasteiger partial charge in [-0.15, -0.1) is 0 Å². The van der Waals surface area contributed by atoms with Crippen molar-refractivity contribution in [3.05, 3.63) is 72.6 Å². The number of methoxy groups -OCH3 is 1. The smallest absolute Gasteiger partial charge is 0.247 e. The second kappa shape index (κ2) is 12.1. The minimum atomic E-state index is -0.263. The largest absolute Gasteiger partial charge is 0.380 e. The lowest BCUT2D eigenvalue weighted by atomic mass is 10.0. The number of fused-ring (bicyclic) bond motifs is 3. The molecule has 9 heteroatoms. The highest BCUT2D eigenvalue weighted by Crippen LogP contribution is 2.38. The molecule has 0 spiro atoms. The Labute approximate surface area is 241 Å². The van der Waals surface area contributed by atoms with Gasteiger partial charge in [-0.05, 0) is 69.8 Å². The molecule has 1 amide bonds. The minimum Gasteiger partial charge on any atom is -0.380 e. The van der Waals surface area contributed by atoms with E-state index in [9.17, 15) is 4.79 Å². The fourth-order valence-corrected chi connectivity index (χ4v) is 5.47. The monoisotopic (exact) mass is 553 g/mol. The van der Waals surface area contributed by atoms with Gasteiger partial charge in [0.1, 0.15) is 0 Å². The van der Waals surface area contributed by atoms with Crippen molar-refractivity contribution in [2.24, 2.45) is 0 Å². The second-order valence-corrected chi connectivity index (χ2v) is 10.8. The van der Waals surface area contributed by atoms with E-state index in [2.05, 4.69) is 66.9 Å². The van der Waals surface area contributed by atoms with Gasteiger partial charge in [-0.2, -0.15) is 0 Å². The lowest BCUT2D eigenvalue weighted by Gasteiger charge is -2.26. The summed E-state index contributed by atoms with van der Waals surface area (Å²) in [5, 5.41) is 7.57. The van der Waals surface area contributed by atoms with Gasteiger partial charge in [-0.25, -0.2) is 9.97 Å². The normalized spacial score (nSPS) is 14.6. The number of amides is 1. The molecule has 0 fully saturated rings. The summed E-state index contributed by atoms with van der Waals surface area (Å²) >= 11 is 0. The first-order chi connectivity index (χ1) is 19.8. The van der Waals surface area contributed by atoms with Gasteiger partial charge in [0.25, 0.3) is 0 Å². The molecule has 1 aliphatic heterocycles. The number of aryl methyl sites for hydroxylation is 1. The lowest BCUT2D eigenvalue weighted by Crippen LogP contribution is -2.29. The molecule has 2 N–H and O–H groups in total. The Bertz CT molecular complexity index is 1580. The quantitative estimate of drug-likeness (QED) is 0.260. The molecule has 1 unspecified atom stereocenters. The number of rotatable bonds is 10. The van der Waals surface area contributed by atoms with Gasteiger partial charge >= 0.3 is 0 Å². The standard InChI is InChI=1S/C32H39N7O2/c1-7-30(40)34-26-19-25(21(2)18-29(26)38(5)17-16-37(3)4)36-32-33-15-14-24(35-32)31-23-10-8-9-11-27(23)39-20-22(41-6)12-13-28(31)39/h7-11,14-15,18-19,22H,1,12-13,16-17,20H2,2-6H3,(H,34,40)(H,33,35,36). The number of hydrogen-bond donors (Lipinski definition) is 2. The summed E-state index contributed by atoms with van der Waals surface area (Å²) in [7, 11) is 7.90. The number of nitrogens with one attached hydrogen (secondary N) is 2. The third-order valence-electron chi connectivity index (χ3n) is 7.74. The van der Waals surface area contributed by atoms with E-state index in [1.807, 2.05) is 40.2 Å². The van der Waals surface area contributed by atoms with Crippen molar-refractivity contribution >= 4 is 39.8 Å². The van der Waals surface area contributed by atoms with Gasteiger partial charge in [-0.1, -0.05) is 24.8 Å². The van der Waals surface area contributed by atoms with Crippen molar-refractivity contribution in [1.82, 2.24) is 19.4 Å². The Kier molecular flexibility index (Phi) is 8.37. The average molecular weight is 554 g/mol. The molecular weight excluding hydrogens is 514 g/mol. The highest BCUT2D eigenvalue weighted by atomic mass is 16.5. The van der Waals surface area contributed by atoms with Gasteiger partial charge in [-0.3, -0.25) is 4.79 Å². The highest BCUT2D eigenvalue weighted by Gasteiger charge is 2.26. The topological polar surface area (TPSA) is 87.5 Å². The van der Waals surface area contributed by atoms with E-state index in [1.54, 1.807) is 13.3 Å². The summed E-state index contributed by atoms with van der Waals surface area (Å²) in [4.78, 5) is 26.1. The molecule has 41 heavy (non-hydrogen) atoms. The molecule has 0 saturated carbocycles. The van der Waals surface area contributed by atoms with Crippen LogP contribution >= 0.6 is 0 Å². The van der Waals surface area contributed by atoms with Crippen molar-refractivity contribution in [2.75, 3.05) is 56.9 Å². The minimum absolute atomic E-state index is 0.206. The number of para-hydroxylation sites is 1. The third kappa shape index (κ3) is 5.96. The summed E-state index contributed by atoms with van der Waals surface area (Å²) in [6.07, 6.45) is 5.18. The fourth-order valence-electron chi connectivity index (χ4n) is 5.47. The molecule has 2 aromatic carbocycles. The van der Waals surface area contributed by atoms with Crippen LogP contribution in [0.15, 0.2) is 61.3 Å². The van der Waals surface area contributed by atoms with Crippen molar-refractivity contribution in [2.45, 2.75) is 32.4 Å². The van der Waals surface area contributed by atoms with Crippen LogP contribution < -0.4 is 15.5 Å². The Morgan fingerprint density at radius 3 is 2.73 bits per heavy atom. The van der Waals surface area contributed by atoms with Crippen molar-refractivity contribution in [1.29, 1.82) is 0 Å². The molecule has 1 aliphatic rings. The molecule has 4 aromatic rings. The maximum Gasteiger partial charge on any atom is 0.247 e. The number of anilines is 4. The maximum absolute atomic E-state index is 12.3. The molecule has 0 radical (unpaired) electrons. The van der Waals surface area contributed by atoms with Crippen molar-refractivity contribution in [3.63, 3.8) is 0 Å². The van der Waals surface area contributed by atoms with Crippen molar-refractivity contribution < 1.29 is 9.53 Å². The Balaban J connectivity index is 1.50. The zero-order chi connectivity index (χ0) is 29.1. The zero-order valence-electron chi connectivity index (χ0n) is 24.6. The summed E-state index contributed by atoms with van der Waals surface area (Å²) in [5.41, 5.74) is 7.95. The van der Waals surface area contributed by atoms with Crippen LogP contribution in [0.2, 0.25) is 0 Å². The molecule has 0 aliphatic carbocycles. The van der Waals surface area contributed by atoms with E-state index in [0.717, 1.165) is 60.7 Å². The van der Waals surface area contributed by atoms with Crippen LogP contribution in [0.5, 0.6) is 0 Å². The summed E-state index contributed by atoms with van der Waals surface area (Å²) in [6, 6.07) is 14.5. The molecular formula is C32H39N7O2.